The van der Waals surface area contributed by atoms with Crippen LogP contribution in [0.1, 0.15) is 52.0 Å². The van der Waals surface area contributed by atoms with Crippen molar-refractivity contribution in [3.63, 3.8) is 0 Å². The van der Waals surface area contributed by atoms with Gasteiger partial charge in [0, 0.05) is 35.9 Å². The Labute approximate surface area is 194 Å². The standard InChI is InChI=1S/C24H32Cl2N4O/c1-6-7-8-9-12-27-24-29-22-18(13-19(26)14-20(22)23(31)30(24)5)15-28-21(16(2)3)11-10-17(4)25/h10-11,13-14,28H,2,6-9,12,15H2,1,3-5H3,(H,27,29)/b17-10+,21-11+. The van der Waals surface area contributed by atoms with Crippen LogP contribution in [0.25, 0.3) is 10.9 Å². The molecule has 0 spiro atoms. The van der Waals surface area contributed by atoms with Gasteiger partial charge in [0.1, 0.15) is 0 Å². The van der Waals surface area contributed by atoms with Crippen LogP contribution in [0.2, 0.25) is 5.02 Å². The van der Waals surface area contributed by atoms with Gasteiger partial charge in [-0.1, -0.05) is 56.0 Å². The first-order valence-corrected chi connectivity index (χ1v) is 11.4. The summed E-state index contributed by atoms with van der Waals surface area (Å²) in [6, 6.07) is 3.52. The second-order valence-electron chi connectivity index (χ2n) is 7.72. The minimum atomic E-state index is -0.124. The predicted molar refractivity (Wildman–Crippen MR) is 134 cm³/mol. The van der Waals surface area contributed by atoms with Crippen LogP contribution in [0.4, 0.5) is 5.95 Å². The quantitative estimate of drug-likeness (QED) is 0.305. The summed E-state index contributed by atoms with van der Waals surface area (Å²) in [5, 5.41) is 8.35. The maximum atomic E-state index is 13.0. The summed E-state index contributed by atoms with van der Waals surface area (Å²) in [5.41, 5.74) is 3.08. The smallest absolute Gasteiger partial charge is 0.262 e. The van der Waals surface area contributed by atoms with Crippen LogP contribution in [0.5, 0.6) is 0 Å². The molecule has 0 aliphatic heterocycles. The van der Waals surface area contributed by atoms with E-state index < -0.39 is 0 Å². The Morgan fingerprint density at radius 1 is 1.23 bits per heavy atom. The Morgan fingerprint density at radius 2 is 1.97 bits per heavy atom. The number of benzene rings is 1. The maximum absolute atomic E-state index is 13.0. The van der Waals surface area contributed by atoms with Crippen LogP contribution >= 0.6 is 23.2 Å². The Hall–Kier alpha value is -2.24. The van der Waals surface area contributed by atoms with Crippen LogP contribution in [-0.2, 0) is 13.6 Å². The summed E-state index contributed by atoms with van der Waals surface area (Å²) in [7, 11) is 1.73. The van der Waals surface area contributed by atoms with E-state index in [0.717, 1.165) is 36.2 Å². The molecule has 1 aromatic carbocycles. The molecule has 0 atom stereocenters. The van der Waals surface area contributed by atoms with Crippen LogP contribution in [0, 0.1) is 0 Å². The summed E-state index contributed by atoms with van der Waals surface area (Å²) >= 11 is 12.3. The number of fused-ring (bicyclic) bond motifs is 1. The van der Waals surface area contributed by atoms with Crippen molar-refractivity contribution in [1.29, 1.82) is 0 Å². The number of hydrogen-bond acceptors (Lipinski definition) is 4. The molecule has 0 bridgehead atoms. The molecule has 2 rings (SSSR count). The lowest BCUT2D eigenvalue weighted by Gasteiger charge is -2.15. The first-order chi connectivity index (χ1) is 14.7. The van der Waals surface area contributed by atoms with Crippen LogP contribution in [-0.4, -0.2) is 16.1 Å². The number of aromatic nitrogens is 2. The van der Waals surface area contributed by atoms with Gasteiger partial charge in [0.05, 0.1) is 10.9 Å². The molecular formula is C24H32Cl2N4O. The minimum absolute atomic E-state index is 0.124. The maximum Gasteiger partial charge on any atom is 0.262 e. The topological polar surface area (TPSA) is 59.0 Å². The number of halogens is 2. The Bertz CT molecular complexity index is 1050. The van der Waals surface area contributed by atoms with Gasteiger partial charge in [-0.3, -0.25) is 9.36 Å². The third-order valence-electron chi connectivity index (χ3n) is 4.95. The fraction of sp³-hybridized carbons (Fsp3) is 0.417. The molecule has 1 aromatic heterocycles. The molecule has 1 heterocycles. The van der Waals surface area contributed by atoms with E-state index in [9.17, 15) is 4.79 Å². The van der Waals surface area contributed by atoms with Crippen molar-refractivity contribution in [3.05, 3.63) is 68.1 Å². The van der Waals surface area contributed by atoms with Crippen LogP contribution < -0.4 is 16.2 Å². The fourth-order valence-electron chi connectivity index (χ4n) is 3.19. The highest BCUT2D eigenvalue weighted by molar-refractivity contribution is 6.31. The van der Waals surface area contributed by atoms with E-state index in [1.807, 2.05) is 32.1 Å². The van der Waals surface area contributed by atoms with Gasteiger partial charge in [-0.25, -0.2) is 4.98 Å². The molecule has 168 valence electrons. The molecule has 0 fully saturated rings. The number of hydrogen-bond donors (Lipinski definition) is 2. The number of anilines is 1. The van der Waals surface area contributed by atoms with Crippen molar-refractivity contribution < 1.29 is 0 Å². The zero-order valence-corrected chi connectivity index (χ0v) is 20.3. The summed E-state index contributed by atoms with van der Waals surface area (Å²) in [6.45, 7) is 11.2. The second kappa shape index (κ2) is 12.0. The third kappa shape index (κ3) is 7.15. The van der Waals surface area contributed by atoms with Crippen LogP contribution in [0.3, 0.4) is 0 Å². The van der Waals surface area contributed by atoms with Gasteiger partial charge in [-0.05, 0) is 55.7 Å². The van der Waals surface area contributed by atoms with E-state index >= 15 is 0 Å². The van der Waals surface area contributed by atoms with Crippen LogP contribution in [0.15, 0.2) is 52.0 Å². The summed E-state index contributed by atoms with van der Waals surface area (Å²) in [5.74, 6) is 0.564. The normalized spacial score (nSPS) is 12.3. The second-order valence-corrected chi connectivity index (χ2v) is 8.75. The summed E-state index contributed by atoms with van der Waals surface area (Å²) in [6.07, 6.45) is 8.28. The molecule has 0 aliphatic rings. The predicted octanol–water partition coefficient (Wildman–Crippen LogP) is 6.27. The molecule has 0 amide bonds. The highest BCUT2D eigenvalue weighted by atomic mass is 35.5. The molecule has 2 aromatic rings. The molecule has 0 aliphatic carbocycles. The van der Waals surface area contributed by atoms with Crippen molar-refractivity contribution >= 4 is 40.1 Å². The lowest BCUT2D eigenvalue weighted by atomic mass is 10.1. The fourth-order valence-corrected chi connectivity index (χ4v) is 3.50. The molecule has 2 N–H and O–H groups in total. The molecule has 7 heteroatoms. The zero-order valence-electron chi connectivity index (χ0n) is 18.8. The molecular weight excluding hydrogens is 431 g/mol. The Balaban J connectivity index is 2.37. The van der Waals surface area contributed by atoms with E-state index in [4.69, 9.17) is 28.2 Å². The number of allylic oxidation sites excluding steroid dienone is 4. The van der Waals surface area contributed by atoms with Crippen molar-refractivity contribution in [2.24, 2.45) is 7.05 Å². The number of rotatable bonds is 11. The van der Waals surface area contributed by atoms with E-state index in [1.54, 1.807) is 17.7 Å². The average molecular weight is 463 g/mol. The van der Waals surface area contributed by atoms with E-state index in [0.29, 0.717) is 33.5 Å². The van der Waals surface area contributed by atoms with Gasteiger partial charge in [0.15, 0.2) is 0 Å². The summed E-state index contributed by atoms with van der Waals surface area (Å²) in [4.78, 5) is 17.7. The van der Waals surface area contributed by atoms with Crippen molar-refractivity contribution in [3.8, 4) is 0 Å². The van der Waals surface area contributed by atoms with E-state index in [1.165, 1.54) is 12.8 Å². The zero-order chi connectivity index (χ0) is 23.0. The number of nitrogens with zero attached hydrogens (tertiary/aromatic N) is 2. The van der Waals surface area contributed by atoms with Gasteiger partial charge in [0.25, 0.3) is 5.56 Å². The number of unbranched alkanes of at least 4 members (excludes halogenated alkanes) is 3. The highest BCUT2D eigenvalue weighted by Gasteiger charge is 2.13. The first kappa shape index (κ1) is 25.0. The third-order valence-corrected chi connectivity index (χ3v) is 5.29. The highest BCUT2D eigenvalue weighted by Crippen LogP contribution is 2.22. The first-order valence-electron chi connectivity index (χ1n) is 10.6. The lowest BCUT2D eigenvalue weighted by molar-refractivity contribution is 0.680. The Morgan fingerprint density at radius 3 is 2.61 bits per heavy atom. The van der Waals surface area contributed by atoms with E-state index in [2.05, 4.69) is 24.1 Å². The minimum Gasteiger partial charge on any atom is -0.381 e. The van der Waals surface area contributed by atoms with Gasteiger partial charge < -0.3 is 10.6 Å². The van der Waals surface area contributed by atoms with Gasteiger partial charge in [-0.15, -0.1) is 0 Å². The van der Waals surface area contributed by atoms with E-state index in [-0.39, 0.29) is 5.56 Å². The van der Waals surface area contributed by atoms with Gasteiger partial charge in [0.2, 0.25) is 5.95 Å². The van der Waals surface area contributed by atoms with Crippen molar-refractivity contribution in [2.45, 2.75) is 53.0 Å². The molecule has 5 nitrogen and oxygen atoms in total. The van der Waals surface area contributed by atoms with Crippen molar-refractivity contribution in [2.75, 3.05) is 11.9 Å². The molecule has 0 unspecified atom stereocenters. The van der Waals surface area contributed by atoms with Crippen molar-refractivity contribution in [1.82, 2.24) is 14.9 Å². The largest absolute Gasteiger partial charge is 0.381 e. The Kier molecular flexibility index (Phi) is 9.66. The lowest BCUT2D eigenvalue weighted by Crippen LogP contribution is -2.24. The molecule has 0 radical (unpaired) electrons. The van der Waals surface area contributed by atoms with Gasteiger partial charge in [-0.2, -0.15) is 0 Å². The molecule has 0 saturated carbocycles. The monoisotopic (exact) mass is 462 g/mol. The molecule has 31 heavy (non-hydrogen) atoms. The van der Waals surface area contributed by atoms with Gasteiger partial charge >= 0.3 is 0 Å². The summed E-state index contributed by atoms with van der Waals surface area (Å²) < 4.78 is 1.54. The average Bonchev–Trinajstić information content (AvgIpc) is 2.71. The molecule has 0 saturated heterocycles. The number of nitrogens with one attached hydrogen (secondary N) is 2. The SMILES string of the molecule is C=C(C)/C(=C\C=C(/C)Cl)NCc1cc(Cl)cc2c(=O)n(C)c(NCCCCCC)nc12.